The van der Waals surface area contributed by atoms with Gasteiger partial charge in [-0.15, -0.1) is 0 Å². The number of anilines is 1. The molecule has 0 heterocycles. The standard InChI is InChI=1S/C15H22N2O3/c1-4-17(5-2)10-12-7-6-8-13(9-12)16-14(18)11(3)15(19)20/h6-9,11H,4-5,10H2,1-3H3,(H,16,18)(H,19,20). The van der Waals surface area contributed by atoms with Gasteiger partial charge in [0.1, 0.15) is 5.92 Å². The molecule has 0 spiro atoms. The normalized spacial score (nSPS) is 12.2. The zero-order valence-electron chi connectivity index (χ0n) is 12.2. The second-order valence-corrected chi connectivity index (χ2v) is 4.71. The number of rotatable bonds is 7. The zero-order chi connectivity index (χ0) is 15.1. The first kappa shape index (κ1) is 16.2. The van der Waals surface area contributed by atoms with Crippen molar-refractivity contribution >= 4 is 17.6 Å². The van der Waals surface area contributed by atoms with Gasteiger partial charge in [0.05, 0.1) is 0 Å². The molecule has 0 aromatic heterocycles. The summed E-state index contributed by atoms with van der Waals surface area (Å²) in [6.07, 6.45) is 0. The van der Waals surface area contributed by atoms with Crippen molar-refractivity contribution in [1.29, 1.82) is 0 Å². The van der Waals surface area contributed by atoms with Gasteiger partial charge in [-0.1, -0.05) is 26.0 Å². The molecular formula is C15H22N2O3. The fraction of sp³-hybridized carbons (Fsp3) is 0.467. The molecule has 5 heteroatoms. The van der Waals surface area contributed by atoms with E-state index in [1.54, 1.807) is 6.07 Å². The number of carbonyl (C=O) groups is 2. The fourth-order valence-electron chi connectivity index (χ4n) is 1.82. The van der Waals surface area contributed by atoms with Crippen LogP contribution < -0.4 is 5.32 Å². The summed E-state index contributed by atoms with van der Waals surface area (Å²) in [5, 5.41) is 11.4. The van der Waals surface area contributed by atoms with Crippen molar-refractivity contribution in [3.8, 4) is 0 Å². The molecule has 1 rings (SSSR count). The predicted octanol–water partition coefficient (Wildman–Crippen LogP) is 2.19. The van der Waals surface area contributed by atoms with Crippen LogP contribution in [-0.2, 0) is 16.1 Å². The molecule has 0 saturated heterocycles. The SMILES string of the molecule is CCN(CC)Cc1cccc(NC(=O)C(C)C(=O)O)c1. The number of benzene rings is 1. The van der Waals surface area contributed by atoms with Gasteiger partial charge >= 0.3 is 5.97 Å². The monoisotopic (exact) mass is 278 g/mol. The summed E-state index contributed by atoms with van der Waals surface area (Å²) in [4.78, 5) is 24.7. The molecule has 1 amide bonds. The number of carbonyl (C=O) groups excluding carboxylic acids is 1. The summed E-state index contributed by atoms with van der Waals surface area (Å²) in [5.41, 5.74) is 1.72. The van der Waals surface area contributed by atoms with Gasteiger partial charge in [0.2, 0.25) is 5.91 Å². The van der Waals surface area contributed by atoms with Gasteiger partial charge in [0, 0.05) is 12.2 Å². The van der Waals surface area contributed by atoms with Crippen molar-refractivity contribution in [2.75, 3.05) is 18.4 Å². The Bertz CT molecular complexity index is 470. The lowest BCUT2D eigenvalue weighted by Crippen LogP contribution is -2.27. The summed E-state index contributed by atoms with van der Waals surface area (Å²) >= 11 is 0. The highest BCUT2D eigenvalue weighted by Crippen LogP contribution is 2.14. The van der Waals surface area contributed by atoms with Gasteiger partial charge in [0.25, 0.3) is 0 Å². The molecule has 1 atom stereocenters. The average Bonchev–Trinajstić information content (AvgIpc) is 2.44. The number of amides is 1. The lowest BCUT2D eigenvalue weighted by molar-refractivity contribution is -0.144. The summed E-state index contributed by atoms with van der Waals surface area (Å²) < 4.78 is 0. The van der Waals surface area contributed by atoms with E-state index < -0.39 is 17.8 Å². The molecule has 1 unspecified atom stereocenters. The topological polar surface area (TPSA) is 69.6 Å². The maximum Gasteiger partial charge on any atom is 0.315 e. The van der Waals surface area contributed by atoms with E-state index in [4.69, 9.17) is 5.11 Å². The molecule has 20 heavy (non-hydrogen) atoms. The molecule has 0 aliphatic heterocycles. The van der Waals surface area contributed by atoms with Crippen molar-refractivity contribution in [1.82, 2.24) is 4.90 Å². The minimum atomic E-state index is -1.12. The van der Waals surface area contributed by atoms with E-state index in [1.165, 1.54) is 6.92 Å². The van der Waals surface area contributed by atoms with E-state index in [0.717, 1.165) is 25.2 Å². The number of carboxylic acids is 1. The van der Waals surface area contributed by atoms with Crippen molar-refractivity contribution in [3.63, 3.8) is 0 Å². The number of nitrogens with zero attached hydrogens (tertiary/aromatic N) is 1. The molecular weight excluding hydrogens is 256 g/mol. The van der Waals surface area contributed by atoms with Crippen LogP contribution in [0.2, 0.25) is 0 Å². The highest BCUT2D eigenvalue weighted by Gasteiger charge is 2.20. The van der Waals surface area contributed by atoms with Crippen LogP contribution in [0.1, 0.15) is 26.3 Å². The number of hydrogen-bond acceptors (Lipinski definition) is 3. The van der Waals surface area contributed by atoms with Crippen LogP contribution in [0.4, 0.5) is 5.69 Å². The Balaban J connectivity index is 2.73. The molecule has 110 valence electrons. The van der Waals surface area contributed by atoms with Crippen molar-refractivity contribution in [2.24, 2.45) is 5.92 Å². The van der Waals surface area contributed by atoms with E-state index >= 15 is 0 Å². The van der Waals surface area contributed by atoms with E-state index in [9.17, 15) is 9.59 Å². The smallest absolute Gasteiger partial charge is 0.315 e. The number of aliphatic carboxylic acids is 1. The maximum absolute atomic E-state index is 11.7. The molecule has 2 N–H and O–H groups in total. The highest BCUT2D eigenvalue weighted by atomic mass is 16.4. The Morgan fingerprint density at radius 1 is 1.30 bits per heavy atom. The van der Waals surface area contributed by atoms with Crippen molar-refractivity contribution < 1.29 is 14.7 Å². The number of hydrogen-bond donors (Lipinski definition) is 2. The molecule has 5 nitrogen and oxygen atoms in total. The third-order valence-corrected chi connectivity index (χ3v) is 3.26. The minimum absolute atomic E-state index is 0.502. The Morgan fingerprint density at radius 3 is 2.50 bits per heavy atom. The minimum Gasteiger partial charge on any atom is -0.481 e. The molecule has 1 aromatic carbocycles. The van der Waals surface area contributed by atoms with Gasteiger partial charge in [-0.3, -0.25) is 14.5 Å². The zero-order valence-corrected chi connectivity index (χ0v) is 12.2. The summed E-state index contributed by atoms with van der Waals surface area (Å²) in [6.45, 7) is 8.31. The van der Waals surface area contributed by atoms with Crippen LogP contribution >= 0.6 is 0 Å². The molecule has 0 saturated carbocycles. The van der Waals surface area contributed by atoms with Gasteiger partial charge in [0.15, 0.2) is 0 Å². The van der Waals surface area contributed by atoms with Gasteiger partial charge in [-0.05, 0) is 37.7 Å². The van der Waals surface area contributed by atoms with Crippen LogP contribution in [0.25, 0.3) is 0 Å². The second kappa shape index (κ2) is 7.65. The third kappa shape index (κ3) is 4.66. The molecule has 0 radical (unpaired) electrons. The van der Waals surface area contributed by atoms with Crippen LogP contribution in [0, 0.1) is 5.92 Å². The van der Waals surface area contributed by atoms with E-state index in [-0.39, 0.29) is 0 Å². The number of carboxylic acid groups (broad SMARTS) is 1. The predicted molar refractivity (Wildman–Crippen MR) is 78.5 cm³/mol. The summed E-state index contributed by atoms with van der Waals surface area (Å²) in [6, 6.07) is 7.50. The maximum atomic E-state index is 11.7. The Hall–Kier alpha value is -1.88. The first-order valence-corrected chi connectivity index (χ1v) is 6.82. The molecule has 1 aromatic rings. The molecule has 0 aliphatic carbocycles. The van der Waals surface area contributed by atoms with Crippen LogP contribution in [-0.4, -0.2) is 35.0 Å². The van der Waals surface area contributed by atoms with Gasteiger partial charge < -0.3 is 10.4 Å². The molecule has 0 bridgehead atoms. The average molecular weight is 278 g/mol. The van der Waals surface area contributed by atoms with Crippen LogP contribution in [0.5, 0.6) is 0 Å². The number of nitrogens with one attached hydrogen (secondary N) is 1. The third-order valence-electron chi connectivity index (χ3n) is 3.26. The fourth-order valence-corrected chi connectivity index (χ4v) is 1.82. The van der Waals surface area contributed by atoms with Gasteiger partial charge in [-0.2, -0.15) is 0 Å². The second-order valence-electron chi connectivity index (χ2n) is 4.71. The van der Waals surface area contributed by atoms with Crippen molar-refractivity contribution in [3.05, 3.63) is 29.8 Å². The Morgan fingerprint density at radius 2 is 1.95 bits per heavy atom. The Kier molecular flexibility index (Phi) is 6.18. The quantitative estimate of drug-likeness (QED) is 0.750. The summed E-state index contributed by atoms with van der Waals surface area (Å²) in [7, 11) is 0. The van der Waals surface area contributed by atoms with Crippen LogP contribution in [0.3, 0.4) is 0 Å². The van der Waals surface area contributed by atoms with Crippen molar-refractivity contribution in [2.45, 2.75) is 27.3 Å². The first-order valence-electron chi connectivity index (χ1n) is 6.82. The van der Waals surface area contributed by atoms with Gasteiger partial charge in [-0.25, -0.2) is 0 Å². The first-order chi connectivity index (χ1) is 9.47. The Labute approximate surface area is 119 Å². The lowest BCUT2D eigenvalue weighted by atomic mass is 10.1. The van der Waals surface area contributed by atoms with E-state index in [0.29, 0.717) is 5.69 Å². The van der Waals surface area contributed by atoms with E-state index in [2.05, 4.69) is 24.1 Å². The highest BCUT2D eigenvalue weighted by molar-refractivity contribution is 6.03. The lowest BCUT2D eigenvalue weighted by Gasteiger charge is -2.18. The molecule has 0 aliphatic rings. The summed E-state index contributed by atoms with van der Waals surface area (Å²) in [5.74, 6) is -2.68. The largest absolute Gasteiger partial charge is 0.481 e. The van der Waals surface area contributed by atoms with Crippen LogP contribution in [0.15, 0.2) is 24.3 Å². The molecule has 0 fully saturated rings. The van der Waals surface area contributed by atoms with E-state index in [1.807, 2.05) is 18.2 Å².